The topological polar surface area (TPSA) is 94.4 Å². The molecule has 120 valence electrons. The van der Waals surface area contributed by atoms with Crippen LogP contribution in [0.1, 0.15) is 26.7 Å². The van der Waals surface area contributed by atoms with Crippen LogP contribution < -0.4 is 0 Å². The number of methoxy groups -OCH3 is 1. The third-order valence-electron chi connectivity index (χ3n) is 2.94. The Labute approximate surface area is 125 Å². The van der Waals surface area contributed by atoms with E-state index in [0.717, 1.165) is 23.9 Å². The number of rotatable bonds is 8. The van der Waals surface area contributed by atoms with Crippen LogP contribution in [-0.4, -0.2) is 66.7 Å². The Morgan fingerprint density at radius 1 is 1.38 bits per heavy atom. The first-order valence-electron chi connectivity index (χ1n) is 6.88. The van der Waals surface area contributed by atoms with Crippen molar-refractivity contribution in [3.05, 3.63) is 6.33 Å². The van der Waals surface area contributed by atoms with Crippen molar-refractivity contribution in [2.45, 2.75) is 31.8 Å². The Hall–Kier alpha value is -1.48. The first-order valence-corrected chi connectivity index (χ1v) is 8.54. The molecule has 8 nitrogen and oxygen atoms in total. The summed E-state index contributed by atoms with van der Waals surface area (Å²) in [6, 6.07) is -0.398. The number of nitrogens with zero attached hydrogens (tertiary/aromatic N) is 4. The number of aromatic nitrogens is 3. The van der Waals surface area contributed by atoms with E-state index < -0.39 is 15.9 Å². The lowest BCUT2D eigenvalue weighted by molar-refractivity contribution is 0.147. The SMILES string of the molecule is CCCCN(CCOC)C(=O)n1cnc(S(=O)(=O)CC)n1. The Balaban J connectivity index is 2.88. The monoisotopic (exact) mass is 318 g/mol. The molecule has 0 fully saturated rings. The van der Waals surface area contributed by atoms with E-state index in [9.17, 15) is 13.2 Å². The van der Waals surface area contributed by atoms with Gasteiger partial charge in [-0.2, -0.15) is 4.68 Å². The van der Waals surface area contributed by atoms with Crippen molar-refractivity contribution < 1.29 is 17.9 Å². The highest BCUT2D eigenvalue weighted by Crippen LogP contribution is 2.05. The number of hydrogen-bond acceptors (Lipinski definition) is 6. The molecule has 0 saturated heterocycles. The lowest BCUT2D eigenvalue weighted by Crippen LogP contribution is -2.38. The zero-order valence-corrected chi connectivity index (χ0v) is 13.5. The van der Waals surface area contributed by atoms with Crippen LogP contribution in [0.25, 0.3) is 0 Å². The van der Waals surface area contributed by atoms with Gasteiger partial charge in [0.25, 0.3) is 5.16 Å². The second kappa shape index (κ2) is 8.08. The first kappa shape index (κ1) is 17.6. The molecule has 0 N–H and O–H groups in total. The number of ether oxygens (including phenoxy) is 1. The predicted octanol–water partition coefficient (Wildman–Crippen LogP) is 0.788. The van der Waals surface area contributed by atoms with Crippen LogP contribution >= 0.6 is 0 Å². The average molecular weight is 318 g/mol. The van der Waals surface area contributed by atoms with E-state index in [4.69, 9.17) is 4.74 Å². The Morgan fingerprint density at radius 2 is 2.10 bits per heavy atom. The maximum atomic E-state index is 12.3. The fraction of sp³-hybridized carbons (Fsp3) is 0.750. The van der Waals surface area contributed by atoms with Crippen LogP contribution in [0.15, 0.2) is 11.5 Å². The molecule has 0 radical (unpaired) electrons. The van der Waals surface area contributed by atoms with Crippen LogP contribution in [0.4, 0.5) is 4.79 Å². The molecule has 21 heavy (non-hydrogen) atoms. The molecular formula is C12H22N4O4S. The highest BCUT2D eigenvalue weighted by atomic mass is 32.2. The van der Waals surface area contributed by atoms with E-state index in [1.165, 1.54) is 6.92 Å². The molecule has 0 aliphatic heterocycles. The van der Waals surface area contributed by atoms with E-state index >= 15 is 0 Å². The van der Waals surface area contributed by atoms with Crippen LogP contribution in [-0.2, 0) is 14.6 Å². The van der Waals surface area contributed by atoms with Gasteiger partial charge in [0.1, 0.15) is 6.33 Å². The number of carbonyl (C=O) groups is 1. The highest BCUT2D eigenvalue weighted by Gasteiger charge is 2.21. The van der Waals surface area contributed by atoms with Crippen molar-refractivity contribution >= 4 is 15.9 Å². The fourth-order valence-electron chi connectivity index (χ4n) is 1.61. The standard InChI is InChI=1S/C12H22N4O4S/c1-4-6-7-15(8-9-20-3)12(17)16-10-13-11(14-16)21(18,19)5-2/h10H,4-9H2,1-3H3. The number of carbonyl (C=O) groups excluding carboxylic acids is 1. The van der Waals surface area contributed by atoms with Gasteiger partial charge in [0.2, 0.25) is 9.84 Å². The molecule has 0 atom stereocenters. The number of amides is 1. The highest BCUT2D eigenvalue weighted by molar-refractivity contribution is 7.91. The van der Waals surface area contributed by atoms with Gasteiger partial charge in [-0.3, -0.25) is 0 Å². The van der Waals surface area contributed by atoms with Gasteiger partial charge in [0.15, 0.2) is 0 Å². The van der Waals surface area contributed by atoms with E-state index in [1.807, 2.05) is 6.92 Å². The summed E-state index contributed by atoms with van der Waals surface area (Å²) in [7, 11) is -1.95. The lowest BCUT2D eigenvalue weighted by atomic mass is 10.3. The van der Waals surface area contributed by atoms with Crippen molar-refractivity contribution in [3.63, 3.8) is 0 Å². The summed E-state index contributed by atoms with van der Waals surface area (Å²) < 4.78 is 29.3. The summed E-state index contributed by atoms with van der Waals surface area (Å²) in [6.45, 7) is 4.92. The molecule has 0 aromatic carbocycles. The van der Waals surface area contributed by atoms with Gasteiger partial charge in [-0.25, -0.2) is 18.2 Å². The minimum Gasteiger partial charge on any atom is -0.383 e. The van der Waals surface area contributed by atoms with Crippen LogP contribution in [0.2, 0.25) is 0 Å². The largest absolute Gasteiger partial charge is 0.383 e. The quantitative estimate of drug-likeness (QED) is 0.703. The predicted molar refractivity (Wildman–Crippen MR) is 76.9 cm³/mol. The molecule has 1 amide bonds. The molecule has 0 bridgehead atoms. The zero-order chi connectivity index (χ0) is 15.9. The summed E-state index contributed by atoms with van der Waals surface area (Å²) in [5, 5.41) is 3.46. The molecule has 0 aliphatic carbocycles. The van der Waals surface area contributed by atoms with Gasteiger partial charge >= 0.3 is 6.03 Å². The van der Waals surface area contributed by atoms with E-state index in [-0.39, 0.29) is 10.9 Å². The minimum absolute atomic E-state index is 0.103. The fourth-order valence-corrected chi connectivity index (χ4v) is 2.29. The molecule has 1 aromatic rings. The van der Waals surface area contributed by atoms with Crippen LogP contribution in [0.5, 0.6) is 0 Å². The summed E-state index contributed by atoms with van der Waals surface area (Å²) >= 11 is 0. The third-order valence-corrected chi connectivity index (χ3v) is 4.45. The minimum atomic E-state index is -3.51. The molecule has 1 aromatic heterocycles. The first-order chi connectivity index (χ1) is 9.96. The van der Waals surface area contributed by atoms with Crippen LogP contribution in [0.3, 0.4) is 0 Å². The van der Waals surface area contributed by atoms with Gasteiger partial charge in [-0.1, -0.05) is 20.3 Å². The van der Waals surface area contributed by atoms with E-state index in [1.54, 1.807) is 12.0 Å². The summed E-state index contributed by atoms with van der Waals surface area (Å²) in [4.78, 5) is 17.6. The summed E-state index contributed by atoms with van der Waals surface area (Å²) in [6.07, 6.45) is 2.93. The van der Waals surface area contributed by atoms with E-state index in [2.05, 4.69) is 10.1 Å². The van der Waals surface area contributed by atoms with Crippen LogP contribution in [0, 0.1) is 0 Å². The molecule has 0 spiro atoms. The number of unbranched alkanes of at least 4 members (excludes halogenated alkanes) is 1. The van der Waals surface area contributed by atoms with Gasteiger partial charge in [-0.15, -0.1) is 5.10 Å². The van der Waals surface area contributed by atoms with Gasteiger partial charge in [-0.05, 0) is 6.42 Å². The smallest absolute Gasteiger partial charge is 0.346 e. The molecule has 9 heteroatoms. The molecular weight excluding hydrogens is 296 g/mol. The number of hydrogen-bond donors (Lipinski definition) is 0. The Kier molecular flexibility index (Phi) is 6.76. The van der Waals surface area contributed by atoms with Gasteiger partial charge in [0, 0.05) is 20.2 Å². The number of sulfone groups is 1. The maximum Gasteiger partial charge on any atom is 0.346 e. The zero-order valence-electron chi connectivity index (χ0n) is 12.7. The molecule has 1 heterocycles. The van der Waals surface area contributed by atoms with Crippen molar-refractivity contribution in [2.24, 2.45) is 0 Å². The van der Waals surface area contributed by atoms with Crippen molar-refractivity contribution in [3.8, 4) is 0 Å². The molecule has 0 unspecified atom stereocenters. The second-order valence-electron chi connectivity index (χ2n) is 4.49. The molecule has 0 saturated carbocycles. The maximum absolute atomic E-state index is 12.3. The Bertz CT molecular complexity index is 547. The molecule has 0 aliphatic rings. The molecule has 1 rings (SSSR count). The summed E-state index contributed by atoms with van der Waals surface area (Å²) in [5.74, 6) is -0.103. The average Bonchev–Trinajstić information content (AvgIpc) is 2.97. The van der Waals surface area contributed by atoms with Crippen molar-refractivity contribution in [2.75, 3.05) is 32.6 Å². The van der Waals surface area contributed by atoms with Crippen molar-refractivity contribution in [1.29, 1.82) is 0 Å². The third kappa shape index (κ3) is 4.78. The van der Waals surface area contributed by atoms with E-state index in [0.29, 0.717) is 19.7 Å². The second-order valence-corrected chi connectivity index (χ2v) is 6.66. The normalized spacial score (nSPS) is 11.6. The lowest BCUT2D eigenvalue weighted by Gasteiger charge is -2.21. The Morgan fingerprint density at radius 3 is 2.67 bits per heavy atom. The van der Waals surface area contributed by atoms with Gasteiger partial charge < -0.3 is 9.64 Å². The van der Waals surface area contributed by atoms with Gasteiger partial charge in [0.05, 0.1) is 12.4 Å². The van der Waals surface area contributed by atoms with Crippen molar-refractivity contribution in [1.82, 2.24) is 19.7 Å². The summed E-state index contributed by atoms with van der Waals surface area (Å²) in [5.41, 5.74) is 0.